The molecule has 128 valence electrons. The fraction of sp³-hybridized carbons (Fsp3) is 0.571. The summed E-state index contributed by atoms with van der Waals surface area (Å²) in [5, 5.41) is 12.3. The van der Waals surface area contributed by atoms with E-state index in [1.807, 2.05) is 0 Å². The number of aliphatic hydroxyl groups excluding tert-OH is 1. The SMILES string of the molecule is CNC(=O)C[C@@H]1CN(C(=O)Cc2cc(C(F)(F)F)co2)C[C@H]1O. The van der Waals surface area contributed by atoms with Crippen LogP contribution in [0.3, 0.4) is 0 Å². The smallest absolute Gasteiger partial charge is 0.419 e. The summed E-state index contributed by atoms with van der Waals surface area (Å²) in [4.78, 5) is 24.8. The summed E-state index contributed by atoms with van der Waals surface area (Å²) in [5.41, 5.74) is -0.945. The zero-order valence-corrected chi connectivity index (χ0v) is 12.4. The van der Waals surface area contributed by atoms with Gasteiger partial charge < -0.3 is 19.7 Å². The molecule has 2 N–H and O–H groups in total. The minimum absolute atomic E-state index is 0.0489. The molecule has 2 heterocycles. The lowest BCUT2D eigenvalue weighted by Gasteiger charge is -2.15. The van der Waals surface area contributed by atoms with Crippen LogP contribution in [-0.2, 0) is 22.2 Å². The van der Waals surface area contributed by atoms with Gasteiger partial charge in [-0.05, 0) is 6.07 Å². The van der Waals surface area contributed by atoms with Crippen LogP contribution < -0.4 is 5.32 Å². The van der Waals surface area contributed by atoms with Crippen LogP contribution in [0.1, 0.15) is 17.7 Å². The minimum atomic E-state index is -4.52. The van der Waals surface area contributed by atoms with Gasteiger partial charge in [0.05, 0.1) is 18.1 Å². The summed E-state index contributed by atoms with van der Waals surface area (Å²) in [6, 6.07) is 0.784. The van der Waals surface area contributed by atoms with Gasteiger partial charge in [-0.1, -0.05) is 0 Å². The van der Waals surface area contributed by atoms with Gasteiger partial charge in [0.1, 0.15) is 12.0 Å². The number of alkyl halides is 3. The van der Waals surface area contributed by atoms with Gasteiger partial charge in [0, 0.05) is 32.5 Å². The molecule has 0 aromatic carbocycles. The van der Waals surface area contributed by atoms with Crippen LogP contribution in [0.4, 0.5) is 13.2 Å². The van der Waals surface area contributed by atoms with E-state index in [0.29, 0.717) is 6.26 Å². The molecule has 0 saturated carbocycles. The van der Waals surface area contributed by atoms with E-state index in [2.05, 4.69) is 5.32 Å². The van der Waals surface area contributed by atoms with Gasteiger partial charge in [-0.2, -0.15) is 13.2 Å². The van der Waals surface area contributed by atoms with Crippen LogP contribution in [0.5, 0.6) is 0 Å². The predicted octanol–water partition coefficient (Wildman–Crippen LogP) is 0.796. The summed E-state index contributed by atoms with van der Waals surface area (Å²) < 4.78 is 42.2. The molecule has 0 aliphatic carbocycles. The number of rotatable bonds is 4. The van der Waals surface area contributed by atoms with Gasteiger partial charge in [-0.15, -0.1) is 0 Å². The zero-order chi connectivity index (χ0) is 17.2. The third-order valence-electron chi connectivity index (χ3n) is 3.79. The number of nitrogens with one attached hydrogen (secondary N) is 1. The van der Waals surface area contributed by atoms with E-state index in [1.54, 1.807) is 0 Å². The molecule has 2 amide bonds. The topological polar surface area (TPSA) is 82.8 Å². The van der Waals surface area contributed by atoms with Crippen molar-refractivity contribution in [3.63, 3.8) is 0 Å². The first-order valence-electron chi connectivity index (χ1n) is 7.01. The highest BCUT2D eigenvalue weighted by Crippen LogP contribution is 2.31. The van der Waals surface area contributed by atoms with Crippen molar-refractivity contribution in [2.45, 2.75) is 25.1 Å². The lowest BCUT2D eigenvalue weighted by atomic mass is 10.0. The molecule has 0 radical (unpaired) electrons. The van der Waals surface area contributed by atoms with E-state index in [4.69, 9.17) is 4.42 Å². The minimum Gasteiger partial charge on any atom is -0.468 e. The molecular formula is C14H17F3N2O4. The highest BCUT2D eigenvalue weighted by atomic mass is 19.4. The van der Waals surface area contributed by atoms with Crippen LogP contribution in [0.2, 0.25) is 0 Å². The Bertz CT molecular complexity index is 585. The third kappa shape index (κ3) is 4.25. The number of amides is 2. The maximum atomic E-state index is 12.5. The van der Waals surface area contributed by atoms with Gasteiger partial charge in [-0.25, -0.2) is 0 Å². The highest BCUT2D eigenvalue weighted by molar-refractivity contribution is 5.79. The molecule has 23 heavy (non-hydrogen) atoms. The van der Waals surface area contributed by atoms with E-state index in [1.165, 1.54) is 11.9 Å². The Morgan fingerprint density at radius 3 is 2.70 bits per heavy atom. The maximum Gasteiger partial charge on any atom is 0.419 e. The number of furan rings is 1. The number of likely N-dealkylation sites (tertiary alicyclic amines) is 1. The highest BCUT2D eigenvalue weighted by Gasteiger charge is 2.36. The quantitative estimate of drug-likeness (QED) is 0.853. The van der Waals surface area contributed by atoms with Crippen molar-refractivity contribution in [2.24, 2.45) is 5.92 Å². The molecule has 9 heteroatoms. The van der Waals surface area contributed by atoms with Crippen molar-refractivity contribution in [1.82, 2.24) is 10.2 Å². The van der Waals surface area contributed by atoms with Crippen molar-refractivity contribution in [3.8, 4) is 0 Å². The van der Waals surface area contributed by atoms with E-state index >= 15 is 0 Å². The first kappa shape index (κ1) is 17.3. The summed E-state index contributed by atoms with van der Waals surface area (Å²) in [6.45, 7) is 0.230. The number of carbonyl (C=O) groups is 2. The number of nitrogens with zero attached hydrogens (tertiary/aromatic N) is 1. The maximum absolute atomic E-state index is 12.5. The summed E-state index contributed by atoms with van der Waals surface area (Å²) >= 11 is 0. The fourth-order valence-electron chi connectivity index (χ4n) is 2.48. The lowest BCUT2D eigenvalue weighted by Crippen LogP contribution is -2.31. The standard InChI is InChI=1S/C14H17F3N2O4/c1-18-12(21)2-8-5-19(6-11(8)20)13(22)4-10-3-9(7-23-10)14(15,16)17/h3,7-8,11,20H,2,4-6H2,1H3,(H,18,21)/t8-,11-/m1/s1. The molecule has 0 spiro atoms. The van der Waals surface area contributed by atoms with Crippen LogP contribution in [0.25, 0.3) is 0 Å². The van der Waals surface area contributed by atoms with Crippen LogP contribution in [0.15, 0.2) is 16.7 Å². The molecule has 0 bridgehead atoms. The molecule has 1 aromatic heterocycles. The summed E-state index contributed by atoms with van der Waals surface area (Å²) in [7, 11) is 1.47. The second-order valence-electron chi connectivity index (χ2n) is 5.48. The van der Waals surface area contributed by atoms with Crippen LogP contribution in [-0.4, -0.2) is 48.1 Å². The Hall–Kier alpha value is -2.03. The van der Waals surface area contributed by atoms with E-state index in [9.17, 15) is 27.9 Å². The largest absolute Gasteiger partial charge is 0.468 e. The second kappa shape index (κ2) is 6.61. The van der Waals surface area contributed by atoms with Crippen molar-refractivity contribution in [1.29, 1.82) is 0 Å². The lowest BCUT2D eigenvalue weighted by molar-refractivity contribution is -0.138. The first-order valence-corrected chi connectivity index (χ1v) is 7.01. The van der Waals surface area contributed by atoms with Crippen molar-refractivity contribution in [3.05, 3.63) is 23.7 Å². The predicted molar refractivity (Wildman–Crippen MR) is 72.2 cm³/mol. The Labute approximate surface area is 130 Å². The number of hydrogen-bond donors (Lipinski definition) is 2. The van der Waals surface area contributed by atoms with Crippen molar-refractivity contribution >= 4 is 11.8 Å². The molecular weight excluding hydrogens is 317 g/mol. The Morgan fingerprint density at radius 2 is 2.13 bits per heavy atom. The summed E-state index contributed by atoms with van der Waals surface area (Å²) in [5.74, 6) is -1.18. The molecule has 0 unspecified atom stereocenters. The Balaban J connectivity index is 1.94. The molecule has 1 aromatic rings. The average Bonchev–Trinajstić information content (AvgIpc) is 3.06. The van der Waals surface area contributed by atoms with Gasteiger partial charge in [-0.3, -0.25) is 9.59 Å². The normalized spacial score (nSPS) is 21.5. The monoisotopic (exact) mass is 334 g/mol. The Morgan fingerprint density at radius 1 is 1.43 bits per heavy atom. The van der Waals surface area contributed by atoms with Crippen LogP contribution in [0, 0.1) is 5.92 Å². The van der Waals surface area contributed by atoms with Crippen molar-refractivity contribution in [2.75, 3.05) is 20.1 Å². The molecule has 1 fully saturated rings. The number of β-amino-alcohol motifs (C(OH)–C–C–N with tert-alkyl or cyclic N) is 1. The summed E-state index contributed by atoms with van der Waals surface area (Å²) in [6.07, 6.45) is -5.03. The van der Waals surface area contributed by atoms with Crippen LogP contribution >= 0.6 is 0 Å². The number of aliphatic hydroxyl groups is 1. The average molecular weight is 334 g/mol. The first-order chi connectivity index (χ1) is 10.7. The number of halogens is 3. The molecule has 6 nitrogen and oxygen atoms in total. The third-order valence-corrected chi connectivity index (χ3v) is 3.79. The molecule has 2 atom stereocenters. The number of hydrogen-bond acceptors (Lipinski definition) is 4. The van der Waals surface area contributed by atoms with E-state index < -0.39 is 23.8 Å². The van der Waals surface area contributed by atoms with Crippen molar-refractivity contribution < 1.29 is 32.3 Å². The molecule has 1 saturated heterocycles. The van der Waals surface area contributed by atoms with Gasteiger partial charge in [0.2, 0.25) is 11.8 Å². The molecule has 2 rings (SSSR count). The zero-order valence-electron chi connectivity index (χ0n) is 12.4. The fourth-order valence-corrected chi connectivity index (χ4v) is 2.48. The van der Waals surface area contributed by atoms with Gasteiger partial charge in [0.25, 0.3) is 0 Å². The molecule has 1 aliphatic heterocycles. The van der Waals surface area contributed by atoms with Gasteiger partial charge in [0.15, 0.2) is 0 Å². The second-order valence-corrected chi connectivity index (χ2v) is 5.48. The molecule has 1 aliphatic rings. The van der Waals surface area contributed by atoms with Gasteiger partial charge >= 0.3 is 6.18 Å². The Kier molecular flexibility index (Phi) is 4.98. The van der Waals surface area contributed by atoms with E-state index in [0.717, 1.165) is 6.07 Å². The van der Waals surface area contributed by atoms with E-state index in [-0.39, 0.29) is 43.5 Å². The number of carbonyl (C=O) groups excluding carboxylic acids is 2.